The van der Waals surface area contributed by atoms with Crippen LogP contribution in [0.2, 0.25) is 0 Å². The molecule has 6 heteroatoms. The number of nitrogens with zero attached hydrogens (tertiary/aromatic N) is 2. The van der Waals surface area contributed by atoms with E-state index in [1.54, 1.807) is 0 Å². The van der Waals surface area contributed by atoms with Crippen LogP contribution in [0.5, 0.6) is 0 Å². The van der Waals surface area contributed by atoms with E-state index in [9.17, 15) is 14.5 Å². The molecule has 5 nitrogen and oxygen atoms in total. The van der Waals surface area contributed by atoms with E-state index in [1.807, 2.05) is 0 Å². The first-order valence-corrected chi connectivity index (χ1v) is 7.42. The Labute approximate surface area is 124 Å². The molecule has 1 aliphatic heterocycles. The van der Waals surface area contributed by atoms with Gasteiger partial charge < -0.3 is 10.2 Å². The van der Waals surface area contributed by atoms with E-state index < -0.39 is 10.7 Å². The lowest BCUT2D eigenvalue weighted by Gasteiger charge is -2.24. The van der Waals surface area contributed by atoms with Gasteiger partial charge in [0.2, 0.25) is 0 Å². The highest BCUT2D eigenvalue weighted by atomic mass is 19.1. The number of benzene rings is 1. The predicted octanol–water partition coefficient (Wildman–Crippen LogP) is 3.41. The second-order valence-corrected chi connectivity index (χ2v) is 5.82. The van der Waals surface area contributed by atoms with Crippen molar-refractivity contribution >= 4 is 11.4 Å². The normalized spacial score (nSPS) is 20.3. The van der Waals surface area contributed by atoms with E-state index in [1.165, 1.54) is 12.1 Å². The number of rotatable bonds is 4. The number of halogens is 1. The molecule has 21 heavy (non-hydrogen) atoms. The summed E-state index contributed by atoms with van der Waals surface area (Å²) >= 11 is 0. The van der Waals surface area contributed by atoms with E-state index in [0.717, 1.165) is 38.4 Å². The number of nitro benzene ring substituents is 1. The largest absolute Gasteiger partial charge is 0.377 e. The van der Waals surface area contributed by atoms with Crippen molar-refractivity contribution < 1.29 is 9.31 Å². The molecule has 0 spiro atoms. The number of nitrogens with one attached hydrogen (secondary N) is 1. The van der Waals surface area contributed by atoms with Crippen LogP contribution >= 0.6 is 0 Å². The smallest absolute Gasteiger partial charge is 0.292 e. The maximum atomic E-state index is 13.3. The van der Waals surface area contributed by atoms with E-state index in [-0.39, 0.29) is 17.4 Å². The highest BCUT2D eigenvalue weighted by Gasteiger charge is 2.21. The van der Waals surface area contributed by atoms with Crippen molar-refractivity contribution in [1.29, 1.82) is 0 Å². The van der Waals surface area contributed by atoms with Crippen LogP contribution in [0, 0.1) is 15.9 Å². The van der Waals surface area contributed by atoms with E-state index >= 15 is 0 Å². The maximum Gasteiger partial charge on any atom is 0.292 e. The molecular weight excluding hydrogens is 273 g/mol. The van der Waals surface area contributed by atoms with Crippen LogP contribution in [0.15, 0.2) is 18.2 Å². The summed E-state index contributed by atoms with van der Waals surface area (Å²) in [5, 5.41) is 14.2. The summed E-state index contributed by atoms with van der Waals surface area (Å²) < 4.78 is 13.3. The second-order valence-electron chi connectivity index (χ2n) is 5.82. The SMILES string of the molecule is CC(C)N1CCCC(Nc2cc(F)ccc2[N+](=O)[O-])CC1. The average Bonchev–Trinajstić information content (AvgIpc) is 2.64. The molecule has 116 valence electrons. The standard InChI is InChI=1S/C15H22FN3O2/c1-11(2)18-8-3-4-13(7-9-18)17-14-10-12(16)5-6-15(14)19(20)21/h5-6,10-11,13,17H,3-4,7-9H2,1-2H3. The molecule has 0 radical (unpaired) electrons. The minimum Gasteiger partial charge on any atom is -0.377 e. The van der Waals surface area contributed by atoms with Gasteiger partial charge >= 0.3 is 0 Å². The number of nitro groups is 1. The van der Waals surface area contributed by atoms with Gasteiger partial charge in [-0.15, -0.1) is 0 Å². The molecule has 1 N–H and O–H groups in total. The van der Waals surface area contributed by atoms with Crippen molar-refractivity contribution in [3.8, 4) is 0 Å². The molecule has 1 saturated heterocycles. The molecule has 1 aromatic carbocycles. The van der Waals surface area contributed by atoms with Crippen molar-refractivity contribution in [1.82, 2.24) is 4.90 Å². The van der Waals surface area contributed by atoms with Crippen LogP contribution in [0.1, 0.15) is 33.1 Å². The van der Waals surface area contributed by atoms with Crippen molar-refractivity contribution in [2.45, 2.75) is 45.2 Å². The first kappa shape index (κ1) is 15.7. The van der Waals surface area contributed by atoms with E-state index in [4.69, 9.17) is 0 Å². The van der Waals surface area contributed by atoms with Crippen molar-refractivity contribution in [2.75, 3.05) is 18.4 Å². The van der Waals surface area contributed by atoms with Gasteiger partial charge in [0.15, 0.2) is 0 Å². The van der Waals surface area contributed by atoms with Crippen molar-refractivity contribution in [2.24, 2.45) is 0 Å². The molecule has 1 fully saturated rings. The fourth-order valence-corrected chi connectivity index (χ4v) is 2.78. The summed E-state index contributed by atoms with van der Waals surface area (Å²) in [6.45, 7) is 6.34. The van der Waals surface area contributed by atoms with Gasteiger partial charge in [0.25, 0.3) is 5.69 Å². The summed E-state index contributed by atoms with van der Waals surface area (Å²) in [7, 11) is 0. The minimum absolute atomic E-state index is 0.0682. The van der Waals surface area contributed by atoms with Gasteiger partial charge in [-0.05, 0) is 45.7 Å². The van der Waals surface area contributed by atoms with Gasteiger partial charge in [-0.1, -0.05) is 0 Å². The van der Waals surface area contributed by atoms with Crippen LogP contribution in [-0.2, 0) is 0 Å². The van der Waals surface area contributed by atoms with Gasteiger partial charge in [-0.3, -0.25) is 10.1 Å². The monoisotopic (exact) mass is 295 g/mol. The molecule has 0 bridgehead atoms. The van der Waals surface area contributed by atoms with E-state index in [2.05, 4.69) is 24.1 Å². The molecule has 2 rings (SSSR count). The van der Waals surface area contributed by atoms with E-state index in [0.29, 0.717) is 6.04 Å². The quantitative estimate of drug-likeness (QED) is 0.683. The fraction of sp³-hybridized carbons (Fsp3) is 0.600. The molecular formula is C15H22FN3O2. The van der Waals surface area contributed by atoms with Gasteiger partial charge in [0.05, 0.1) is 4.92 Å². The zero-order valence-corrected chi connectivity index (χ0v) is 12.5. The Morgan fingerprint density at radius 3 is 2.81 bits per heavy atom. The predicted molar refractivity (Wildman–Crippen MR) is 81.0 cm³/mol. The third-order valence-corrected chi connectivity index (χ3v) is 4.01. The summed E-state index contributed by atoms with van der Waals surface area (Å²) in [5.41, 5.74) is 0.212. The van der Waals surface area contributed by atoms with Gasteiger partial charge in [0.1, 0.15) is 11.5 Å². The Kier molecular flexibility index (Phi) is 5.12. The molecule has 0 saturated carbocycles. The highest BCUT2D eigenvalue weighted by molar-refractivity contribution is 5.61. The average molecular weight is 295 g/mol. The third kappa shape index (κ3) is 4.14. The lowest BCUT2D eigenvalue weighted by molar-refractivity contribution is -0.384. The summed E-state index contributed by atoms with van der Waals surface area (Å²) in [5.74, 6) is -0.458. The van der Waals surface area contributed by atoms with Crippen LogP contribution < -0.4 is 5.32 Å². The number of hydrogen-bond acceptors (Lipinski definition) is 4. The lowest BCUT2D eigenvalue weighted by Crippen LogP contribution is -2.32. The van der Waals surface area contributed by atoms with Crippen molar-refractivity contribution in [3.63, 3.8) is 0 Å². The first-order valence-electron chi connectivity index (χ1n) is 7.42. The minimum atomic E-state index is -0.473. The zero-order chi connectivity index (χ0) is 15.4. The molecule has 1 heterocycles. The van der Waals surface area contributed by atoms with Gasteiger partial charge in [0, 0.05) is 30.8 Å². The Balaban J connectivity index is 2.08. The molecule has 1 atom stereocenters. The molecule has 1 aliphatic rings. The summed E-state index contributed by atoms with van der Waals surface area (Å²) in [6, 6.07) is 4.20. The number of likely N-dealkylation sites (tertiary alicyclic amines) is 1. The summed E-state index contributed by atoms with van der Waals surface area (Å²) in [4.78, 5) is 12.9. The van der Waals surface area contributed by atoms with Crippen LogP contribution in [0.25, 0.3) is 0 Å². The zero-order valence-electron chi connectivity index (χ0n) is 12.5. The molecule has 1 aromatic rings. The van der Waals surface area contributed by atoms with Gasteiger partial charge in [-0.2, -0.15) is 0 Å². The molecule has 0 amide bonds. The second kappa shape index (κ2) is 6.85. The van der Waals surface area contributed by atoms with Crippen LogP contribution in [-0.4, -0.2) is 35.0 Å². The number of hydrogen-bond donors (Lipinski definition) is 1. The third-order valence-electron chi connectivity index (χ3n) is 4.01. The Hall–Kier alpha value is -1.69. The van der Waals surface area contributed by atoms with Crippen LogP contribution in [0.3, 0.4) is 0 Å². The highest BCUT2D eigenvalue weighted by Crippen LogP contribution is 2.27. The Bertz CT molecular complexity index is 508. The topological polar surface area (TPSA) is 58.4 Å². The van der Waals surface area contributed by atoms with Gasteiger partial charge in [-0.25, -0.2) is 4.39 Å². The molecule has 0 aliphatic carbocycles. The lowest BCUT2D eigenvalue weighted by atomic mass is 10.1. The summed E-state index contributed by atoms with van der Waals surface area (Å²) in [6.07, 6.45) is 2.89. The molecule has 0 aromatic heterocycles. The van der Waals surface area contributed by atoms with Crippen molar-refractivity contribution in [3.05, 3.63) is 34.1 Å². The Morgan fingerprint density at radius 2 is 2.14 bits per heavy atom. The Morgan fingerprint density at radius 1 is 1.38 bits per heavy atom. The number of anilines is 1. The first-order chi connectivity index (χ1) is 9.97. The molecule has 1 unspecified atom stereocenters. The fourth-order valence-electron chi connectivity index (χ4n) is 2.78. The maximum absolute atomic E-state index is 13.3. The van der Waals surface area contributed by atoms with Crippen LogP contribution in [0.4, 0.5) is 15.8 Å².